The Labute approximate surface area is 103 Å². The number of halogens is 2. The molecule has 4 heteroatoms. The van der Waals surface area contributed by atoms with Gasteiger partial charge in [-0.1, -0.05) is 15.9 Å². The summed E-state index contributed by atoms with van der Waals surface area (Å²) >= 11 is 3.39. The molecule has 1 fully saturated rings. The van der Waals surface area contributed by atoms with Gasteiger partial charge in [-0.15, -0.1) is 0 Å². The highest BCUT2D eigenvalue weighted by molar-refractivity contribution is 9.10. The van der Waals surface area contributed by atoms with Gasteiger partial charge in [0, 0.05) is 22.5 Å². The van der Waals surface area contributed by atoms with E-state index in [1.54, 1.807) is 0 Å². The van der Waals surface area contributed by atoms with Crippen molar-refractivity contribution in [3.8, 4) is 5.75 Å². The predicted molar refractivity (Wildman–Crippen MR) is 65.6 cm³/mol. The van der Waals surface area contributed by atoms with Gasteiger partial charge in [0.15, 0.2) is 11.6 Å². The first-order chi connectivity index (χ1) is 7.65. The topological polar surface area (TPSA) is 21.3 Å². The van der Waals surface area contributed by atoms with Crippen LogP contribution in [0.15, 0.2) is 10.5 Å². The van der Waals surface area contributed by atoms with Gasteiger partial charge >= 0.3 is 0 Å². The molecule has 0 radical (unpaired) electrons. The molecule has 0 aromatic heterocycles. The third-order valence-electron chi connectivity index (χ3n) is 3.15. The lowest BCUT2D eigenvalue weighted by molar-refractivity contribution is 0.377. The van der Waals surface area contributed by atoms with E-state index in [1.807, 2.05) is 6.92 Å². The van der Waals surface area contributed by atoms with Crippen molar-refractivity contribution in [1.82, 2.24) is 5.32 Å². The molecule has 0 saturated carbocycles. The minimum Gasteiger partial charge on any atom is -0.493 e. The Balaban J connectivity index is 2.54. The number of hydrogen-bond acceptors (Lipinski definition) is 2. The van der Waals surface area contributed by atoms with Crippen molar-refractivity contribution >= 4 is 15.9 Å². The summed E-state index contributed by atoms with van der Waals surface area (Å²) in [5.74, 6) is 0.457. The lowest BCUT2D eigenvalue weighted by Gasteiger charge is -2.18. The molecular formula is C12H15BrFNO. The Morgan fingerprint density at radius 3 is 2.88 bits per heavy atom. The monoisotopic (exact) mass is 287 g/mol. The average molecular weight is 288 g/mol. The molecule has 1 atom stereocenters. The van der Waals surface area contributed by atoms with Gasteiger partial charge in [-0.05, 0) is 31.5 Å². The Hall–Kier alpha value is -0.610. The molecule has 1 saturated heterocycles. The maximum absolute atomic E-state index is 13.8. The van der Waals surface area contributed by atoms with Gasteiger partial charge in [0.05, 0.1) is 7.11 Å². The van der Waals surface area contributed by atoms with Gasteiger partial charge in [0.25, 0.3) is 0 Å². The van der Waals surface area contributed by atoms with Gasteiger partial charge < -0.3 is 10.1 Å². The number of rotatable bonds is 2. The van der Waals surface area contributed by atoms with E-state index in [0.29, 0.717) is 11.7 Å². The molecular weight excluding hydrogens is 273 g/mol. The van der Waals surface area contributed by atoms with E-state index < -0.39 is 0 Å². The zero-order chi connectivity index (χ0) is 11.7. The molecule has 1 unspecified atom stereocenters. The second kappa shape index (κ2) is 4.72. The summed E-state index contributed by atoms with van der Waals surface area (Å²) in [7, 11) is 1.53. The minimum absolute atomic E-state index is 0.290. The smallest absolute Gasteiger partial charge is 0.166 e. The lowest BCUT2D eigenvalue weighted by atomic mass is 9.93. The highest BCUT2D eigenvalue weighted by atomic mass is 79.9. The van der Waals surface area contributed by atoms with E-state index >= 15 is 0 Å². The van der Waals surface area contributed by atoms with Crippen LogP contribution in [0, 0.1) is 12.7 Å². The average Bonchev–Trinajstić information content (AvgIpc) is 2.76. The molecule has 1 heterocycles. The van der Waals surface area contributed by atoms with Crippen LogP contribution in [-0.4, -0.2) is 20.2 Å². The fraction of sp³-hybridized carbons (Fsp3) is 0.500. The third-order valence-corrected chi connectivity index (χ3v) is 3.97. The van der Waals surface area contributed by atoms with E-state index in [9.17, 15) is 4.39 Å². The van der Waals surface area contributed by atoms with E-state index in [1.165, 1.54) is 13.2 Å². The van der Waals surface area contributed by atoms with Gasteiger partial charge in [-0.25, -0.2) is 4.39 Å². The Bertz CT molecular complexity index is 402. The summed E-state index contributed by atoms with van der Waals surface area (Å²) in [5, 5.41) is 3.29. The normalized spacial score (nSPS) is 20.1. The van der Waals surface area contributed by atoms with Crippen LogP contribution in [0.25, 0.3) is 0 Å². The standard InChI is InChI=1S/C12H15BrFNO/c1-7-9(13)5-10(14)12(16-2)11(7)8-3-4-15-6-8/h5,8,15H,3-4,6H2,1-2H3. The van der Waals surface area contributed by atoms with Crippen molar-refractivity contribution in [1.29, 1.82) is 0 Å². The van der Waals surface area contributed by atoms with Crippen molar-refractivity contribution < 1.29 is 9.13 Å². The molecule has 1 aromatic rings. The molecule has 0 bridgehead atoms. The fourth-order valence-electron chi connectivity index (χ4n) is 2.31. The van der Waals surface area contributed by atoms with E-state index in [4.69, 9.17) is 4.74 Å². The Morgan fingerprint density at radius 2 is 2.31 bits per heavy atom. The van der Waals surface area contributed by atoms with Crippen molar-refractivity contribution in [2.45, 2.75) is 19.3 Å². The Kier molecular flexibility index (Phi) is 3.50. The number of methoxy groups -OCH3 is 1. The summed E-state index contributed by atoms with van der Waals surface area (Å²) in [6, 6.07) is 1.47. The number of nitrogens with one attached hydrogen (secondary N) is 1. The molecule has 1 N–H and O–H groups in total. The fourth-order valence-corrected chi connectivity index (χ4v) is 2.73. The van der Waals surface area contributed by atoms with E-state index in [2.05, 4.69) is 21.2 Å². The molecule has 2 rings (SSSR count). The summed E-state index contributed by atoms with van der Waals surface area (Å²) in [4.78, 5) is 0. The van der Waals surface area contributed by atoms with Crippen molar-refractivity contribution in [3.05, 3.63) is 27.5 Å². The maximum atomic E-state index is 13.8. The van der Waals surface area contributed by atoms with E-state index in [0.717, 1.165) is 35.1 Å². The predicted octanol–water partition coefficient (Wildman–Crippen LogP) is 2.98. The van der Waals surface area contributed by atoms with Crippen molar-refractivity contribution in [3.63, 3.8) is 0 Å². The maximum Gasteiger partial charge on any atom is 0.166 e. The minimum atomic E-state index is -0.290. The lowest BCUT2D eigenvalue weighted by Crippen LogP contribution is -2.10. The van der Waals surface area contributed by atoms with Crippen LogP contribution in [0.5, 0.6) is 5.75 Å². The molecule has 0 aliphatic carbocycles. The molecule has 1 aliphatic rings. The molecule has 0 amide bonds. The van der Waals surface area contributed by atoms with Crippen LogP contribution in [0.2, 0.25) is 0 Å². The zero-order valence-corrected chi connectivity index (χ0v) is 11.0. The summed E-state index contributed by atoms with van der Waals surface area (Å²) in [6.45, 7) is 3.88. The first-order valence-electron chi connectivity index (χ1n) is 5.38. The van der Waals surface area contributed by atoms with Gasteiger partial charge in [0.2, 0.25) is 0 Å². The second-order valence-corrected chi connectivity index (χ2v) is 4.96. The third kappa shape index (κ3) is 1.96. The molecule has 1 aromatic carbocycles. The Morgan fingerprint density at radius 1 is 1.56 bits per heavy atom. The van der Waals surface area contributed by atoms with Gasteiger partial charge in [-0.2, -0.15) is 0 Å². The summed E-state index contributed by atoms with van der Waals surface area (Å²) < 4.78 is 19.8. The van der Waals surface area contributed by atoms with Crippen LogP contribution in [0.4, 0.5) is 4.39 Å². The number of benzene rings is 1. The van der Waals surface area contributed by atoms with Crippen molar-refractivity contribution in [2.75, 3.05) is 20.2 Å². The van der Waals surface area contributed by atoms with Crippen LogP contribution < -0.4 is 10.1 Å². The van der Waals surface area contributed by atoms with Crippen LogP contribution in [0.3, 0.4) is 0 Å². The SMILES string of the molecule is COc1c(F)cc(Br)c(C)c1C1CCNC1. The first kappa shape index (κ1) is 11.9. The number of hydrogen-bond donors (Lipinski definition) is 1. The highest BCUT2D eigenvalue weighted by Gasteiger charge is 2.25. The molecule has 88 valence electrons. The van der Waals surface area contributed by atoms with Gasteiger partial charge in [0.1, 0.15) is 0 Å². The number of ether oxygens (including phenoxy) is 1. The van der Waals surface area contributed by atoms with Crippen molar-refractivity contribution in [2.24, 2.45) is 0 Å². The van der Waals surface area contributed by atoms with Crippen LogP contribution >= 0.6 is 15.9 Å². The molecule has 16 heavy (non-hydrogen) atoms. The first-order valence-corrected chi connectivity index (χ1v) is 6.17. The second-order valence-electron chi connectivity index (χ2n) is 4.10. The van der Waals surface area contributed by atoms with Crippen LogP contribution in [0.1, 0.15) is 23.5 Å². The molecule has 1 aliphatic heterocycles. The summed E-state index contributed by atoms with van der Waals surface area (Å²) in [6.07, 6.45) is 1.03. The summed E-state index contributed by atoms with van der Waals surface area (Å²) in [5.41, 5.74) is 2.08. The van der Waals surface area contributed by atoms with Gasteiger partial charge in [-0.3, -0.25) is 0 Å². The zero-order valence-electron chi connectivity index (χ0n) is 9.44. The largest absolute Gasteiger partial charge is 0.493 e. The van der Waals surface area contributed by atoms with Crippen LogP contribution in [-0.2, 0) is 0 Å². The quantitative estimate of drug-likeness (QED) is 0.903. The molecule has 2 nitrogen and oxygen atoms in total. The molecule has 0 spiro atoms. The highest BCUT2D eigenvalue weighted by Crippen LogP contribution is 2.38. The van der Waals surface area contributed by atoms with E-state index in [-0.39, 0.29) is 5.82 Å².